The summed E-state index contributed by atoms with van der Waals surface area (Å²) in [6.07, 6.45) is 1.11. The van der Waals surface area contributed by atoms with Crippen molar-refractivity contribution in [2.75, 3.05) is 23.0 Å². The van der Waals surface area contributed by atoms with Crippen molar-refractivity contribution in [1.29, 1.82) is 0 Å². The number of rotatable bonds is 7. The standard InChI is InChI=1S/C11H17NO2S3/c1-2-7-15-16-8-9-17(13,14)11-5-3-10(12)4-6-11/h3-6H,2,7-9,12H2,1H3. The Morgan fingerprint density at radius 1 is 1.12 bits per heavy atom. The van der Waals surface area contributed by atoms with Crippen LogP contribution in [0.15, 0.2) is 29.2 Å². The lowest BCUT2D eigenvalue weighted by atomic mass is 10.3. The molecule has 0 atom stereocenters. The minimum absolute atomic E-state index is 0.179. The molecule has 0 spiro atoms. The fourth-order valence-electron chi connectivity index (χ4n) is 1.14. The second-order valence-corrected chi connectivity index (χ2v) is 8.34. The molecule has 17 heavy (non-hydrogen) atoms. The molecule has 96 valence electrons. The number of nitrogen functional groups attached to an aromatic ring is 1. The number of hydrogen-bond acceptors (Lipinski definition) is 5. The van der Waals surface area contributed by atoms with Crippen molar-refractivity contribution in [1.82, 2.24) is 0 Å². The fourth-order valence-corrected chi connectivity index (χ4v) is 5.30. The molecule has 3 nitrogen and oxygen atoms in total. The summed E-state index contributed by atoms with van der Waals surface area (Å²) in [7, 11) is 0.185. The number of hydrogen-bond donors (Lipinski definition) is 1. The first kappa shape index (κ1) is 14.7. The summed E-state index contributed by atoms with van der Waals surface area (Å²) in [5, 5.41) is 0. The molecular weight excluding hydrogens is 274 g/mol. The van der Waals surface area contributed by atoms with Crippen LogP contribution in [0.3, 0.4) is 0 Å². The molecule has 0 heterocycles. The van der Waals surface area contributed by atoms with Gasteiger partial charge in [-0.2, -0.15) is 0 Å². The molecule has 6 heteroatoms. The van der Waals surface area contributed by atoms with E-state index in [1.165, 1.54) is 0 Å². The minimum atomic E-state index is -3.15. The third-order valence-corrected chi connectivity index (χ3v) is 6.65. The molecule has 0 saturated heterocycles. The molecule has 0 aromatic heterocycles. The molecule has 1 aromatic carbocycles. The first-order chi connectivity index (χ1) is 8.06. The van der Waals surface area contributed by atoms with Crippen LogP contribution < -0.4 is 5.73 Å². The topological polar surface area (TPSA) is 60.2 Å². The summed E-state index contributed by atoms with van der Waals surface area (Å²) in [4.78, 5) is 0.354. The van der Waals surface area contributed by atoms with Gasteiger partial charge in [-0.15, -0.1) is 0 Å². The molecule has 0 radical (unpaired) electrons. The zero-order valence-corrected chi connectivity index (χ0v) is 12.2. The molecule has 1 aromatic rings. The lowest BCUT2D eigenvalue weighted by molar-refractivity contribution is 0.597. The van der Waals surface area contributed by atoms with Crippen LogP contribution in [0.2, 0.25) is 0 Å². The van der Waals surface area contributed by atoms with E-state index in [1.54, 1.807) is 45.9 Å². The number of sulfone groups is 1. The summed E-state index contributed by atoms with van der Waals surface area (Å²) in [5.74, 6) is 1.86. The molecule has 1 rings (SSSR count). The quantitative estimate of drug-likeness (QED) is 0.475. The fraction of sp³-hybridized carbons (Fsp3) is 0.455. The lowest BCUT2D eigenvalue weighted by Crippen LogP contribution is -2.08. The van der Waals surface area contributed by atoms with Gasteiger partial charge in [0.25, 0.3) is 0 Å². The molecule has 0 fully saturated rings. The second kappa shape index (κ2) is 7.18. The molecule has 0 aliphatic carbocycles. The van der Waals surface area contributed by atoms with Gasteiger partial charge in [0.2, 0.25) is 0 Å². The smallest absolute Gasteiger partial charge is 0.179 e. The molecule has 2 N–H and O–H groups in total. The predicted molar refractivity (Wildman–Crippen MR) is 78.1 cm³/mol. The maximum Gasteiger partial charge on any atom is 0.179 e. The van der Waals surface area contributed by atoms with Crippen LogP contribution in [-0.4, -0.2) is 25.7 Å². The highest BCUT2D eigenvalue weighted by Crippen LogP contribution is 2.23. The number of nitrogens with two attached hydrogens (primary N) is 1. The van der Waals surface area contributed by atoms with Gasteiger partial charge < -0.3 is 5.73 Å². The van der Waals surface area contributed by atoms with Crippen LogP contribution in [0.1, 0.15) is 13.3 Å². The molecule has 0 aliphatic heterocycles. The normalized spacial score (nSPS) is 11.6. The Morgan fingerprint density at radius 2 is 1.71 bits per heavy atom. The van der Waals surface area contributed by atoms with Crippen LogP contribution in [-0.2, 0) is 9.84 Å². The molecule has 0 saturated carbocycles. The third kappa shape index (κ3) is 5.23. The summed E-state index contributed by atoms with van der Waals surface area (Å²) in [5.41, 5.74) is 6.10. The van der Waals surface area contributed by atoms with E-state index in [-0.39, 0.29) is 5.75 Å². The monoisotopic (exact) mass is 291 g/mol. The van der Waals surface area contributed by atoms with E-state index in [2.05, 4.69) is 6.92 Å². The van der Waals surface area contributed by atoms with Crippen molar-refractivity contribution in [2.24, 2.45) is 0 Å². The SMILES string of the molecule is CCCSSCCS(=O)(=O)c1ccc(N)cc1. The Balaban J connectivity index is 2.48. The predicted octanol–water partition coefficient (Wildman–Crippen LogP) is 2.83. The first-order valence-electron chi connectivity index (χ1n) is 5.39. The minimum Gasteiger partial charge on any atom is -0.399 e. The third-order valence-electron chi connectivity index (χ3n) is 2.05. The average Bonchev–Trinajstić information content (AvgIpc) is 2.29. The first-order valence-corrected chi connectivity index (χ1v) is 9.53. The van der Waals surface area contributed by atoms with E-state index in [0.717, 1.165) is 12.2 Å². The van der Waals surface area contributed by atoms with Crippen LogP contribution in [0.4, 0.5) is 5.69 Å². The van der Waals surface area contributed by atoms with E-state index in [9.17, 15) is 8.42 Å². The summed E-state index contributed by atoms with van der Waals surface area (Å²) in [6.45, 7) is 2.11. The van der Waals surface area contributed by atoms with E-state index in [0.29, 0.717) is 16.3 Å². The van der Waals surface area contributed by atoms with Gasteiger partial charge in [0.15, 0.2) is 9.84 Å². The van der Waals surface area contributed by atoms with Gasteiger partial charge in [0.1, 0.15) is 0 Å². The molecule has 0 aliphatic rings. The highest BCUT2D eigenvalue weighted by atomic mass is 33.1. The Kier molecular flexibility index (Phi) is 6.22. The zero-order chi connectivity index (χ0) is 12.7. The largest absolute Gasteiger partial charge is 0.399 e. The van der Waals surface area contributed by atoms with E-state index in [1.807, 2.05) is 0 Å². The Bertz CT molecular complexity index is 429. The van der Waals surface area contributed by atoms with Gasteiger partial charge in [-0.05, 0) is 30.7 Å². The van der Waals surface area contributed by atoms with Crippen molar-refractivity contribution in [2.45, 2.75) is 18.2 Å². The maximum atomic E-state index is 11.9. The van der Waals surface area contributed by atoms with Crippen molar-refractivity contribution in [3.63, 3.8) is 0 Å². The molecule has 0 amide bonds. The second-order valence-electron chi connectivity index (χ2n) is 3.53. The van der Waals surface area contributed by atoms with Crippen LogP contribution in [0, 0.1) is 0 Å². The van der Waals surface area contributed by atoms with Gasteiger partial charge in [-0.3, -0.25) is 0 Å². The molecule has 0 bridgehead atoms. The van der Waals surface area contributed by atoms with Gasteiger partial charge in [0.05, 0.1) is 10.6 Å². The van der Waals surface area contributed by atoms with Gasteiger partial charge in [-0.25, -0.2) is 8.42 Å². The zero-order valence-electron chi connectivity index (χ0n) is 9.76. The van der Waals surface area contributed by atoms with Crippen molar-refractivity contribution in [3.05, 3.63) is 24.3 Å². The molecule has 0 unspecified atom stereocenters. The van der Waals surface area contributed by atoms with Crippen LogP contribution in [0.25, 0.3) is 0 Å². The van der Waals surface area contributed by atoms with Gasteiger partial charge in [0, 0.05) is 17.2 Å². The van der Waals surface area contributed by atoms with Gasteiger partial charge in [-0.1, -0.05) is 28.5 Å². The summed E-state index contributed by atoms with van der Waals surface area (Å²) < 4.78 is 23.8. The summed E-state index contributed by atoms with van der Waals surface area (Å²) in [6, 6.07) is 6.36. The Labute approximate surface area is 111 Å². The number of benzene rings is 1. The molecular formula is C11H17NO2S3. The van der Waals surface area contributed by atoms with Gasteiger partial charge >= 0.3 is 0 Å². The van der Waals surface area contributed by atoms with E-state index >= 15 is 0 Å². The Hall–Kier alpha value is -0.330. The highest BCUT2D eigenvalue weighted by Gasteiger charge is 2.13. The van der Waals surface area contributed by atoms with E-state index < -0.39 is 9.84 Å². The average molecular weight is 291 g/mol. The van der Waals surface area contributed by atoms with Crippen LogP contribution >= 0.6 is 21.6 Å². The lowest BCUT2D eigenvalue weighted by Gasteiger charge is -2.04. The highest BCUT2D eigenvalue weighted by molar-refractivity contribution is 8.76. The van der Waals surface area contributed by atoms with Crippen molar-refractivity contribution in [3.8, 4) is 0 Å². The van der Waals surface area contributed by atoms with Crippen LogP contribution in [0.5, 0.6) is 0 Å². The Morgan fingerprint density at radius 3 is 2.29 bits per heavy atom. The summed E-state index contributed by atoms with van der Waals surface area (Å²) >= 11 is 0. The van der Waals surface area contributed by atoms with Crippen molar-refractivity contribution < 1.29 is 8.42 Å². The van der Waals surface area contributed by atoms with E-state index in [4.69, 9.17) is 5.73 Å². The van der Waals surface area contributed by atoms with Crippen molar-refractivity contribution >= 4 is 37.1 Å². The number of anilines is 1. The maximum absolute atomic E-state index is 11.9.